The lowest BCUT2D eigenvalue weighted by Gasteiger charge is -2.34. The van der Waals surface area contributed by atoms with E-state index in [0.717, 1.165) is 17.7 Å². The Morgan fingerprint density at radius 3 is 2.30 bits per heavy atom. The lowest BCUT2D eigenvalue weighted by molar-refractivity contribution is -0.138. The number of ether oxygens (including phenoxy) is 1. The van der Waals surface area contributed by atoms with Gasteiger partial charge in [-0.05, 0) is 29.8 Å². The van der Waals surface area contributed by atoms with Gasteiger partial charge in [0.1, 0.15) is 6.61 Å². The van der Waals surface area contributed by atoms with Crippen molar-refractivity contribution >= 4 is 23.4 Å². The van der Waals surface area contributed by atoms with E-state index in [-0.39, 0.29) is 37.8 Å². The van der Waals surface area contributed by atoms with E-state index in [9.17, 15) is 22.8 Å². The number of halogens is 4. The predicted octanol–water partition coefficient (Wildman–Crippen LogP) is 3.86. The van der Waals surface area contributed by atoms with Crippen molar-refractivity contribution in [3.05, 3.63) is 70.2 Å². The largest absolute Gasteiger partial charge is 0.416 e. The Morgan fingerprint density at radius 2 is 1.63 bits per heavy atom. The van der Waals surface area contributed by atoms with Gasteiger partial charge in [0.05, 0.1) is 12.2 Å². The number of carbonyl (C=O) groups is 2. The Morgan fingerprint density at radius 1 is 0.967 bits per heavy atom. The van der Waals surface area contributed by atoms with Crippen molar-refractivity contribution < 1.29 is 27.5 Å². The van der Waals surface area contributed by atoms with Gasteiger partial charge in [-0.15, -0.1) is 0 Å². The molecule has 1 fully saturated rings. The fourth-order valence-corrected chi connectivity index (χ4v) is 3.32. The maximum absolute atomic E-state index is 12.9. The minimum atomic E-state index is -4.51. The number of benzene rings is 2. The smallest absolute Gasteiger partial charge is 0.367 e. The van der Waals surface area contributed by atoms with E-state index in [1.54, 1.807) is 17.0 Å². The first-order valence-corrected chi connectivity index (χ1v) is 9.69. The van der Waals surface area contributed by atoms with E-state index in [4.69, 9.17) is 16.3 Å². The lowest BCUT2D eigenvalue weighted by Crippen LogP contribution is -2.51. The Labute approximate surface area is 177 Å². The Hall–Kier alpha value is -2.58. The van der Waals surface area contributed by atoms with Crippen LogP contribution in [0.2, 0.25) is 5.02 Å². The maximum Gasteiger partial charge on any atom is 0.416 e. The third kappa shape index (κ3) is 5.52. The van der Waals surface area contributed by atoms with Gasteiger partial charge in [-0.2, -0.15) is 13.2 Å². The normalized spacial score (nSPS) is 14.7. The van der Waals surface area contributed by atoms with Crippen LogP contribution in [0.25, 0.3) is 0 Å². The van der Waals surface area contributed by atoms with Gasteiger partial charge in [-0.1, -0.05) is 35.9 Å². The van der Waals surface area contributed by atoms with Crippen LogP contribution in [0.5, 0.6) is 0 Å². The highest BCUT2D eigenvalue weighted by Gasteiger charge is 2.32. The number of hydrogen-bond donors (Lipinski definition) is 0. The summed E-state index contributed by atoms with van der Waals surface area (Å²) in [4.78, 5) is 27.9. The average molecular weight is 441 g/mol. The molecule has 1 saturated heterocycles. The van der Waals surface area contributed by atoms with Crippen LogP contribution in [0.3, 0.4) is 0 Å². The predicted molar refractivity (Wildman–Crippen MR) is 105 cm³/mol. The van der Waals surface area contributed by atoms with Crippen molar-refractivity contribution in [1.29, 1.82) is 0 Å². The fourth-order valence-electron chi connectivity index (χ4n) is 3.13. The SMILES string of the molecule is O=C(COCc1ccccc1Cl)N1CCN(C(=O)c2cccc(C(F)(F)F)c2)CC1. The molecule has 2 amide bonds. The van der Waals surface area contributed by atoms with Crippen LogP contribution in [0.1, 0.15) is 21.5 Å². The minimum Gasteiger partial charge on any atom is -0.367 e. The van der Waals surface area contributed by atoms with Gasteiger partial charge in [-0.25, -0.2) is 0 Å². The summed E-state index contributed by atoms with van der Waals surface area (Å²) in [6.45, 7) is 1.15. The Kier molecular flexibility index (Phi) is 6.99. The molecular formula is C21H20ClF3N2O3. The number of amides is 2. The lowest BCUT2D eigenvalue weighted by atomic mass is 10.1. The highest BCUT2D eigenvalue weighted by atomic mass is 35.5. The van der Waals surface area contributed by atoms with Crippen molar-refractivity contribution in [2.24, 2.45) is 0 Å². The topological polar surface area (TPSA) is 49.9 Å². The number of nitrogens with zero attached hydrogens (tertiary/aromatic N) is 2. The second kappa shape index (κ2) is 9.49. The molecule has 3 rings (SSSR count). The van der Waals surface area contributed by atoms with Gasteiger partial charge in [0.15, 0.2) is 0 Å². The summed E-state index contributed by atoms with van der Waals surface area (Å²) < 4.78 is 44.0. The van der Waals surface area contributed by atoms with Gasteiger partial charge >= 0.3 is 6.18 Å². The summed E-state index contributed by atoms with van der Waals surface area (Å²) in [7, 11) is 0. The van der Waals surface area contributed by atoms with E-state index >= 15 is 0 Å². The number of hydrogen-bond acceptors (Lipinski definition) is 3. The quantitative estimate of drug-likeness (QED) is 0.709. The Bertz CT molecular complexity index is 912. The molecule has 1 aliphatic heterocycles. The summed E-state index contributed by atoms with van der Waals surface area (Å²) in [6, 6.07) is 11.5. The van der Waals surface area contributed by atoms with Gasteiger partial charge in [-0.3, -0.25) is 9.59 Å². The van der Waals surface area contributed by atoms with Crippen molar-refractivity contribution in [1.82, 2.24) is 9.80 Å². The molecule has 0 spiro atoms. The molecule has 0 bridgehead atoms. The van der Waals surface area contributed by atoms with Crippen LogP contribution >= 0.6 is 11.6 Å². The molecule has 30 heavy (non-hydrogen) atoms. The molecule has 0 radical (unpaired) electrons. The molecule has 0 unspecified atom stereocenters. The molecular weight excluding hydrogens is 421 g/mol. The monoisotopic (exact) mass is 440 g/mol. The van der Waals surface area contributed by atoms with Gasteiger partial charge in [0, 0.05) is 36.8 Å². The summed E-state index contributed by atoms with van der Waals surface area (Å²) in [6.07, 6.45) is -4.51. The summed E-state index contributed by atoms with van der Waals surface area (Å²) >= 11 is 6.04. The van der Waals surface area contributed by atoms with E-state index in [0.29, 0.717) is 18.1 Å². The minimum absolute atomic E-state index is 0.0207. The van der Waals surface area contributed by atoms with Crippen LogP contribution in [0.4, 0.5) is 13.2 Å². The molecule has 160 valence electrons. The molecule has 0 aromatic heterocycles. The van der Waals surface area contributed by atoms with Crippen LogP contribution < -0.4 is 0 Å². The second-order valence-corrected chi connectivity index (χ2v) is 7.24. The standard InChI is InChI=1S/C21H20ClF3N2O3/c22-18-7-2-1-4-16(18)13-30-14-19(28)26-8-10-27(11-9-26)20(29)15-5-3-6-17(12-15)21(23,24)25/h1-7,12H,8-11,13-14H2. The molecule has 0 saturated carbocycles. The summed E-state index contributed by atoms with van der Waals surface area (Å²) in [5, 5.41) is 0.562. The second-order valence-electron chi connectivity index (χ2n) is 6.84. The molecule has 2 aromatic rings. The van der Waals surface area contributed by atoms with Crippen molar-refractivity contribution in [2.45, 2.75) is 12.8 Å². The first-order chi connectivity index (χ1) is 14.3. The first-order valence-electron chi connectivity index (χ1n) is 9.31. The third-order valence-corrected chi connectivity index (χ3v) is 5.17. The van der Waals surface area contributed by atoms with Crippen molar-refractivity contribution in [2.75, 3.05) is 32.8 Å². The first kappa shape index (κ1) is 22.1. The molecule has 0 atom stereocenters. The van der Waals surface area contributed by atoms with Gasteiger partial charge < -0.3 is 14.5 Å². The number of rotatable bonds is 5. The van der Waals surface area contributed by atoms with E-state index in [2.05, 4.69) is 0 Å². The number of piperazine rings is 1. The van der Waals surface area contributed by atoms with E-state index in [1.807, 2.05) is 12.1 Å². The van der Waals surface area contributed by atoms with Gasteiger partial charge in [0.2, 0.25) is 5.91 Å². The number of alkyl halides is 3. The Balaban J connectivity index is 1.49. The molecule has 9 heteroatoms. The third-order valence-electron chi connectivity index (χ3n) is 4.80. The van der Waals surface area contributed by atoms with Crippen LogP contribution in [0.15, 0.2) is 48.5 Å². The zero-order chi connectivity index (χ0) is 21.7. The summed E-state index contributed by atoms with van der Waals surface area (Å²) in [5.41, 5.74) is -0.103. The van der Waals surface area contributed by atoms with Crippen LogP contribution in [0, 0.1) is 0 Å². The maximum atomic E-state index is 12.9. The molecule has 1 heterocycles. The van der Waals surface area contributed by atoms with E-state index < -0.39 is 17.6 Å². The van der Waals surface area contributed by atoms with Crippen LogP contribution in [-0.4, -0.2) is 54.4 Å². The zero-order valence-corrected chi connectivity index (χ0v) is 16.7. The van der Waals surface area contributed by atoms with Crippen molar-refractivity contribution in [3.8, 4) is 0 Å². The van der Waals surface area contributed by atoms with E-state index in [1.165, 1.54) is 17.0 Å². The van der Waals surface area contributed by atoms with Gasteiger partial charge in [0.25, 0.3) is 5.91 Å². The van der Waals surface area contributed by atoms with Crippen molar-refractivity contribution in [3.63, 3.8) is 0 Å². The molecule has 5 nitrogen and oxygen atoms in total. The highest BCUT2D eigenvalue weighted by molar-refractivity contribution is 6.31. The zero-order valence-electron chi connectivity index (χ0n) is 16.0. The fraction of sp³-hybridized carbons (Fsp3) is 0.333. The molecule has 1 aliphatic rings. The average Bonchev–Trinajstić information content (AvgIpc) is 2.74. The highest BCUT2D eigenvalue weighted by Crippen LogP contribution is 2.29. The number of carbonyl (C=O) groups excluding carboxylic acids is 2. The molecule has 2 aromatic carbocycles. The summed E-state index contributed by atoms with van der Waals surface area (Å²) in [5.74, 6) is -0.698. The molecule has 0 aliphatic carbocycles. The molecule has 0 N–H and O–H groups in total. The van der Waals surface area contributed by atoms with Crippen LogP contribution in [-0.2, 0) is 22.3 Å².